The van der Waals surface area contributed by atoms with E-state index in [9.17, 15) is 22.8 Å². The van der Waals surface area contributed by atoms with Gasteiger partial charge in [-0.05, 0) is 31.2 Å². The number of para-hydroxylation sites is 1. The van der Waals surface area contributed by atoms with Crippen molar-refractivity contribution in [3.8, 4) is 0 Å². The van der Waals surface area contributed by atoms with Crippen molar-refractivity contribution in [2.45, 2.75) is 13.0 Å². The minimum absolute atomic E-state index is 0.0868. The fourth-order valence-electron chi connectivity index (χ4n) is 1.75. The van der Waals surface area contributed by atoms with Gasteiger partial charge in [-0.2, -0.15) is 0 Å². The molecule has 1 N–H and O–H groups in total. The van der Waals surface area contributed by atoms with Gasteiger partial charge in [-0.3, -0.25) is 4.79 Å². The lowest BCUT2D eigenvalue weighted by Gasteiger charge is -2.14. The Labute approximate surface area is 140 Å². The lowest BCUT2D eigenvalue weighted by atomic mass is 10.2. The van der Waals surface area contributed by atoms with E-state index in [1.54, 1.807) is 0 Å². The van der Waals surface area contributed by atoms with Crippen molar-refractivity contribution in [3.05, 3.63) is 64.4 Å². The first-order chi connectivity index (χ1) is 11.3. The summed E-state index contributed by atoms with van der Waals surface area (Å²) in [5.74, 6) is -5.08. The number of nitrogens with one attached hydrogen (secondary N) is 1. The summed E-state index contributed by atoms with van der Waals surface area (Å²) in [4.78, 5) is 23.8. The lowest BCUT2D eigenvalue weighted by molar-refractivity contribution is -0.123. The molecule has 0 radical (unpaired) electrons. The normalized spacial score (nSPS) is 11.7. The first kappa shape index (κ1) is 17.8. The fraction of sp³-hybridized carbons (Fsp3) is 0.125. The van der Waals surface area contributed by atoms with Gasteiger partial charge in [-0.15, -0.1) is 0 Å². The molecule has 0 fully saturated rings. The van der Waals surface area contributed by atoms with Crippen LogP contribution in [0.3, 0.4) is 0 Å². The van der Waals surface area contributed by atoms with E-state index in [-0.39, 0.29) is 10.7 Å². The first-order valence-corrected chi connectivity index (χ1v) is 7.08. The highest BCUT2D eigenvalue weighted by Gasteiger charge is 2.22. The number of benzene rings is 2. The van der Waals surface area contributed by atoms with Crippen molar-refractivity contribution in [2.75, 3.05) is 5.32 Å². The van der Waals surface area contributed by atoms with Gasteiger partial charge in [-0.25, -0.2) is 18.0 Å². The summed E-state index contributed by atoms with van der Waals surface area (Å²) in [6, 6.07) is 6.62. The second kappa shape index (κ2) is 7.35. The van der Waals surface area contributed by atoms with Crippen molar-refractivity contribution in [2.24, 2.45) is 0 Å². The summed E-state index contributed by atoms with van der Waals surface area (Å²) in [6.07, 6.45) is -1.32. The third-order valence-electron chi connectivity index (χ3n) is 3.01. The number of amides is 1. The second-order valence-electron chi connectivity index (χ2n) is 4.76. The highest BCUT2D eigenvalue weighted by molar-refractivity contribution is 6.33. The van der Waals surface area contributed by atoms with Crippen LogP contribution in [0, 0.1) is 17.5 Å². The molecule has 0 aliphatic carbocycles. The van der Waals surface area contributed by atoms with Crippen LogP contribution in [0.1, 0.15) is 17.3 Å². The molecule has 2 aromatic rings. The van der Waals surface area contributed by atoms with Crippen molar-refractivity contribution in [1.82, 2.24) is 0 Å². The van der Waals surface area contributed by atoms with Crippen LogP contribution < -0.4 is 5.32 Å². The Kier molecular flexibility index (Phi) is 5.46. The smallest absolute Gasteiger partial charge is 0.340 e. The molecule has 0 heterocycles. The Morgan fingerprint density at radius 2 is 1.71 bits per heavy atom. The summed E-state index contributed by atoms with van der Waals surface area (Å²) in [5, 5.41) is 1.88. The number of halogens is 4. The quantitative estimate of drug-likeness (QED) is 0.666. The number of esters is 1. The van der Waals surface area contributed by atoms with Crippen LogP contribution in [-0.4, -0.2) is 18.0 Å². The molecule has 24 heavy (non-hydrogen) atoms. The molecule has 1 atom stereocenters. The van der Waals surface area contributed by atoms with E-state index in [4.69, 9.17) is 16.3 Å². The van der Waals surface area contributed by atoms with Gasteiger partial charge in [0.05, 0.1) is 16.3 Å². The van der Waals surface area contributed by atoms with Crippen LogP contribution in [0.15, 0.2) is 36.4 Å². The molecular weight excluding hydrogens is 347 g/mol. The van der Waals surface area contributed by atoms with E-state index in [1.807, 2.05) is 0 Å². The van der Waals surface area contributed by atoms with Crippen LogP contribution in [0.25, 0.3) is 0 Å². The maximum absolute atomic E-state index is 13.5. The van der Waals surface area contributed by atoms with Crippen LogP contribution in [-0.2, 0) is 9.53 Å². The van der Waals surface area contributed by atoms with Crippen LogP contribution >= 0.6 is 11.6 Å². The third-order valence-corrected chi connectivity index (χ3v) is 3.33. The Balaban J connectivity index is 2.07. The van der Waals surface area contributed by atoms with E-state index in [0.717, 1.165) is 6.07 Å². The largest absolute Gasteiger partial charge is 0.449 e. The summed E-state index contributed by atoms with van der Waals surface area (Å²) in [5.41, 5.74) is -0.516. The number of hydrogen-bond acceptors (Lipinski definition) is 3. The van der Waals surface area contributed by atoms with Crippen LogP contribution in [0.2, 0.25) is 5.02 Å². The maximum atomic E-state index is 13.5. The van der Waals surface area contributed by atoms with E-state index < -0.39 is 41.0 Å². The van der Waals surface area contributed by atoms with Gasteiger partial charge < -0.3 is 10.1 Å². The average Bonchev–Trinajstić information content (AvgIpc) is 2.52. The predicted molar refractivity (Wildman–Crippen MR) is 81.3 cm³/mol. The van der Waals surface area contributed by atoms with Gasteiger partial charge in [0.2, 0.25) is 0 Å². The fourth-order valence-corrected chi connectivity index (χ4v) is 1.98. The van der Waals surface area contributed by atoms with E-state index in [1.165, 1.54) is 25.1 Å². The molecule has 0 saturated heterocycles. The van der Waals surface area contributed by atoms with Gasteiger partial charge in [0, 0.05) is 0 Å². The molecular formula is C16H11ClF3NO3. The average molecular weight is 358 g/mol. The molecule has 0 bridgehead atoms. The molecule has 126 valence electrons. The van der Waals surface area contributed by atoms with Crippen molar-refractivity contribution in [1.29, 1.82) is 0 Å². The maximum Gasteiger partial charge on any atom is 0.340 e. The lowest BCUT2D eigenvalue weighted by Crippen LogP contribution is -2.30. The molecule has 0 aromatic heterocycles. The molecule has 0 aliphatic rings. The predicted octanol–water partition coefficient (Wildman–Crippen LogP) is 3.94. The molecule has 1 amide bonds. The Hall–Kier alpha value is -2.54. The molecule has 2 rings (SSSR count). The molecule has 4 nitrogen and oxygen atoms in total. The topological polar surface area (TPSA) is 55.4 Å². The van der Waals surface area contributed by atoms with Crippen LogP contribution in [0.4, 0.5) is 18.9 Å². The van der Waals surface area contributed by atoms with E-state index in [0.29, 0.717) is 12.1 Å². The highest BCUT2D eigenvalue weighted by atomic mass is 35.5. The summed E-state index contributed by atoms with van der Waals surface area (Å²) >= 11 is 5.65. The van der Waals surface area contributed by atoms with Crippen molar-refractivity contribution < 1.29 is 27.5 Å². The molecule has 2 aromatic carbocycles. The van der Waals surface area contributed by atoms with Gasteiger partial charge >= 0.3 is 5.97 Å². The number of carbonyl (C=O) groups is 2. The Morgan fingerprint density at radius 3 is 2.38 bits per heavy atom. The molecule has 0 aliphatic heterocycles. The van der Waals surface area contributed by atoms with E-state index in [2.05, 4.69) is 5.32 Å². The van der Waals surface area contributed by atoms with Crippen molar-refractivity contribution in [3.63, 3.8) is 0 Å². The molecule has 0 spiro atoms. The molecule has 8 heteroatoms. The SMILES string of the molecule is C[C@@H](OC(=O)c1cc(F)c(F)cc1Cl)C(=O)Nc1ccccc1F. The standard InChI is InChI=1S/C16H11ClF3NO3/c1-8(15(22)21-14-5-3-2-4-11(14)18)24-16(23)9-6-12(19)13(20)7-10(9)17/h2-8H,1H3,(H,21,22)/t8-/m1/s1. The van der Waals surface area contributed by atoms with Gasteiger partial charge in [0.25, 0.3) is 5.91 Å². The zero-order chi connectivity index (χ0) is 17.9. The number of carbonyl (C=O) groups excluding carboxylic acids is 2. The number of ether oxygens (including phenoxy) is 1. The number of hydrogen-bond donors (Lipinski definition) is 1. The minimum atomic E-state index is -1.32. The number of anilines is 1. The second-order valence-corrected chi connectivity index (χ2v) is 5.17. The Morgan fingerprint density at radius 1 is 1.08 bits per heavy atom. The molecule has 0 unspecified atom stereocenters. The first-order valence-electron chi connectivity index (χ1n) is 6.70. The van der Waals surface area contributed by atoms with E-state index >= 15 is 0 Å². The zero-order valence-electron chi connectivity index (χ0n) is 12.3. The van der Waals surface area contributed by atoms with Gasteiger partial charge in [-0.1, -0.05) is 23.7 Å². The summed E-state index contributed by atoms with van der Waals surface area (Å²) < 4.78 is 44.5. The Bertz CT molecular complexity index is 798. The zero-order valence-corrected chi connectivity index (χ0v) is 13.0. The summed E-state index contributed by atoms with van der Waals surface area (Å²) in [7, 11) is 0. The summed E-state index contributed by atoms with van der Waals surface area (Å²) in [6.45, 7) is 1.24. The van der Waals surface area contributed by atoms with Gasteiger partial charge in [0.15, 0.2) is 17.7 Å². The van der Waals surface area contributed by atoms with Crippen molar-refractivity contribution >= 4 is 29.2 Å². The number of rotatable bonds is 4. The monoisotopic (exact) mass is 357 g/mol. The third kappa shape index (κ3) is 4.05. The van der Waals surface area contributed by atoms with Gasteiger partial charge in [0.1, 0.15) is 5.82 Å². The highest BCUT2D eigenvalue weighted by Crippen LogP contribution is 2.21. The minimum Gasteiger partial charge on any atom is -0.449 e. The molecule has 0 saturated carbocycles. The van der Waals surface area contributed by atoms with Crippen LogP contribution in [0.5, 0.6) is 0 Å².